The largest absolute Gasteiger partial charge is 0.417 e. The fourth-order valence-electron chi connectivity index (χ4n) is 2.72. The first-order valence-corrected chi connectivity index (χ1v) is 6.93. The average molecular weight is 309 g/mol. The zero-order chi connectivity index (χ0) is 15.7. The molecule has 2 aromatic rings. The summed E-state index contributed by atoms with van der Waals surface area (Å²) in [5.41, 5.74) is 0.776. The van der Waals surface area contributed by atoms with Crippen LogP contribution in [0.3, 0.4) is 0 Å². The van der Waals surface area contributed by atoms with Crippen molar-refractivity contribution in [1.82, 2.24) is 15.5 Å². The van der Waals surface area contributed by atoms with E-state index in [1.807, 2.05) is 0 Å². The lowest BCUT2D eigenvalue weighted by molar-refractivity contribution is -0.137. The van der Waals surface area contributed by atoms with Crippen LogP contribution in [0.1, 0.15) is 33.6 Å². The van der Waals surface area contributed by atoms with Crippen molar-refractivity contribution in [2.45, 2.75) is 31.5 Å². The van der Waals surface area contributed by atoms with Gasteiger partial charge >= 0.3 is 6.18 Å². The van der Waals surface area contributed by atoms with E-state index in [1.165, 1.54) is 18.2 Å². The zero-order valence-electron chi connectivity index (χ0n) is 11.6. The number of fused-ring (bicyclic) bond motifs is 1. The summed E-state index contributed by atoms with van der Waals surface area (Å²) < 4.78 is 38.8. The van der Waals surface area contributed by atoms with E-state index in [4.69, 9.17) is 0 Å². The Balaban J connectivity index is 1.76. The molecule has 1 aliphatic carbocycles. The Morgan fingerprint density at radius 3 is 2.86 bits per heavy atom. The highest BCUT2D eigenvalue weighted by Crippen LogP contribution is 2.32. The normalized spacial score (nSPS) is 17.9. The van der Waals surface area contributed by atoms with Crippen LogP contribution in [-0.2, 0) is 19.0 Å². The van der Waals surface area contributed by atoms with Gasteiger partial charge < -0.3 is 5.32 Å². The van der Waals surface area contributed by atoms with Crippen LogP contribution in [0.15, 0.2) is 30.5 Å². The molecule has 0 aliphatic heterocycles. The Morgan fingerprint density at radius 2 is 2.09 bits per heavy atom. The number of amides is 1. The minimum Gasteiger partial charge on any atom is -0.349 e. The molecule has 4 nitrogen and oxygen atoms in total. The molecule has 1 aliphatic rings. The average Bonchev–Trinajstić information content (AvgIpc) is 2.94. The Labute approximate surface area is 124 Å². The first kappa shape index (κ1) is 14.6. The molecule has 22 heavy (non-hydrogen) atoms. The van der Waals surface area contributed by atoms with E-state index in [1.54, 1.807) is 6.20 Å². The summed E-state index contributed by atoms with van der Waals surface area (Å²) >= 11 is 0. The molecule has 1 aromatic carbocycles. The van der Waals surface area contributed by atoms with E-state index in [-0.39, 0.29) is 11.6 Å². The van der Waals surface area contributed by atoms with Crippen molar-refractivity contribution < 1.29 is 18.0 Å². The monoisotopic (exact) mass is 309 g/mol. The molecule has 0 radical (unpaired) electrons. The van der Waals surface area contributed by atoms with Crippen LogP contribution in [0, 0.1) is 0 Å². The van der Waals surface area contributed by atoms with E-state index in [9.17, 15) is 18.0 Å². The summed E-state index contributed by atoms with van der Waals surface area (Å²) in [7, 11) is 0. The molecule has 3 rings (SSSR count). The topological polar surface area (TPSA) is 57.8 Å². The molecule has 1 aromatic heterocycles. The smallest absolute Gasteiger partial charge is 0.349 e. The highest BCUT2D eigenvalue weighted by Gasteiger charge is 2.35. The summed E-state index contributed by atoms with van der Waals surface area (Å²) in [6.07, 6.45) is -0.817. The van der Waals surface area contributed by atoms with Gasteiger partial charge in [0, 0.05) is 18.2 Å². The maximum atomic E-state index is 12.9. The van der Waals surface area contributed by atoms with Crippen molar-refractivity contribution >= 4 is 5.91 Å². The number of rotatable bonds is 2. The number of aryl methyl sites for hydroxylation is 1. The lowest BCUT2D eigenvalue weighted by Gasteiger charge is -2.23. The molecular weight excluding hydrogens is 295 g/mol. The maximum Gasteiger partial charge on any atom is 0.417 e. The summed E-state index contributed by atoms with van der Waals surface area (Å²) in [5, 5.41) is 9.48. The molecule has 1 atom stereocenters. The van der Waals surface area contributed by atoms with Gasteiger partial charge in [-0.25, -0.2) is 0 Å². The van der Waals surface area contributed by atoms with Crippen molar-refractivity contribution in [1.29, 1.82) is 0 Å². The number of nitrogens with zero attached hydrogens (tertiary/aromatic N) is 1. The van der Waals surface area contributed by atoms with Crippen LogP contribution in [0.5, 0.6) is 0 Å². The number of hydrogen-bond acceptors (Lipinski definition) is 2. The molecule has 1 amide bonds. The molecule has 0 saturated carbocycles. The lowest BCUT2D eigenvalue weighted by atomic mass is 9.93. The van der Waals surface area contributed by atoms with Gasteiger partial charge in [-0.2, -0.15) is 18.3 Å². The van der Waals surface area contributed by atoms with E-state index in [0.29, 0.717) is 12.8 Å². The lowest BCUT2D eigenvalue weighted by Crippen LogP contribution is -2.39. The predicted octanol–water partition coefficient (Wildman–Crippen LogP) is 2.72. The third kappa shape index (κ3) is 2.84. The molecule has 2 N–H and O–H groups in total. The summed E-state index contributed by atoms with van der Waals surface area (Å²) in [6, 6.07) is 4.63. The number of aromatic amines is 1. The Kier molecular flexibility index (Phi) is 3.64. The quantitative estimate of drug-likeness (QED) is 0.896. The number of alkyl halides is 3. The predicted molar refractivity (Wildman–Crippen MR) is 73.3 cm³/mol. The van der Waals surface area contributed by atoms with Crippen LogP contribution in [0.25, 0.3) is 0 Å². The van der Waals surface area contributed by atoms with Crippen LogP contribution in [0.4, 0.5) is 13.2 Å². The van der Waals surface area contributed by atoms with Gasteiger partial charge in [-0.3, -0.25) is 9.89 Å². The molecule has 116 valence electrons. The van der Waals surface area contributed by atoms with Gasteiger partial charge in [-0.15, -0.1) is 0 Å². The fraction of sp³-hybridized carbons (Fsp3) is 0.333. The summed E-state index contributed by atoms with van der Waals surface area (Å²) in [4.78, 5) is 12.2. The van der Waals surface area contributed by atoms with Crippen molar-refractivity contribution in [3.63, 3.8) is 0 Å². The third-order valence-corrected chi connectivity index (χ3v) is 3.83. The van der Waals surface area contributed by atoms with Gasteiger partial charge in [0.05, 0.1) is 17.3 Å². The van der Waals surface area contributed by atoms with Gasteiger partial charge in [0.15, 0.2) is 0 Å². The highest BCUT2D eigenvalue weighted by molar-refractivity contribution is 5.96. The highest BCUT2D eigenvalue weighted by atomic mass is 19.4. The number of carbonyl (C=O) groups is 1. The summed E-state index contributed by atoms with van der Waals surface area (Å²) in [5.74, 6) is -0.694. The second-order valence-corrected chi connectivity index (χ2v) is 5.33. The Bertz CT molecular complexity index is 693. The van der Waals surface area contributed by atoms with Gasteiger partial charge in [0.25, 0.3) is 5.91 Å². The minimum atomic E-state index is -4.54. The van der Waals surface area contributed by atoms with Crippen LogP contribution in [-0.4, -0.2) is 22.1 Å². The first-order chi connectivity index (χ1) is 10.4. The van der Waals surface area contributed by atoms with Crippen molar-refractivity contribution in [2.75, 3.05) is 0 Å². The molecule has 1 unspecified atom stereocenters. The number of hydrogen-bond donors (Lipinski definition) is 2. The fourth-order valence-corrected chi connectivity index (χ4v) is 2.72. The molecule has 0 fully saturated rings. The molecule has 7 heteroatoms. The van der Waals surface area contributed by atoms with Gasteiger partial charge in [-0.1, -0.05) is 12.1 Å². The molecule has 0 bridgehead atoms. The Morgan fingerprint density at radius 1 is 1.32 bits per heavy atom. The number of benzene rings is 1. The first-order valence-electron chi connectivity index (χ1n) is 6.93. The SMILES string of the molecule is O=C(NC1CCc2cn[nH]c2C1)c1ccccc1C(F)(F)F. The second-order valence-electron chi connectivity index (χ2n) is 5.33. The van der Waals surface area contributed by atoms with E-state index < -0.39 is 17.6 Å². The standard InChI is InChI=1S/C15H14F3N3O/c16-15(17,18)12-4-2-1-3-11(12)14(22)20-10-6-5-9-8-19-21-13(9)7-10/h1-4,8,10H,5-7H2,(H,19,21)(H,20,22). The van der Waals surface area contributed by atoms with Crippen molar-refractivity contribution in [3.05, 3.63) is 52.8 Å². The number of H-pyrrole nitrogens is 1. The summed E-state index contributed by atoms with van der Waals surface area (Å²) in [6.45, 7) is 0. The van der Waals surface area contributed by atoms with Gasteiger partial charge in [-0.05, 0) is 30.5 Å². The van der Waals surface area contributed by atoms with Crippen LogP contribution in [0.2, 0.25) is 0 Å². The number of halogens is 3. The Hall–Kier alpha value is -2.31. The number of carbonyl (C=O) groups excluding carboxylic acids is 1. The zero-order valence-corrected chi connectivity index (χ0v) is 11.6. The minimum absolute atomic E-state index is 0.193. The molecule has 0 spiro atoms. The second kappa shape index (κ2) is 5.47. The van der Waals surface area contributed by atoms with Crippen LogP contribution < -0.4 is 5.32 Å². The molecular formula is C15H14F3N3O. The van der Waals surface area contributed by atoms with E-state index >= 15 is 0 Å². The van der Waals surface area contributed by atoms with Crippen LogP contribution >= 0.6 is 0 Å². The number of nitrogens with one attached hydrogen (secondary N) is 2. The van der Waals surface area contributed by atoms with Crippen molar-refractivity contribution in [2.24, 2.45) is 0 Å². The van der Waals surface area contributed by atoms with E-state index in [0.717, 1.165) is 23.7 Å². The molecule has 0 saturated heterocycles. The van der Waals surface area contributed by atoms with Gasteiger partial charge in [0.1, 0.15) is 0 Å². The van der Waals surface area contributed by atoms with E-state index in [2.05, 4.69) is 15.5 Å². The molecule has 1 heterocycles. The van der Waals surface area contributed by atoms with Gasteiger partial charge in [0.2, 0.25) is 0 Å². The van der Waals surface area contributed by atoms with Crippen molar-refractivity contribution in [3.8, 4) is 0 Å². The maximum absolute atomic E-state index is 12.9. The number of aromatic nitrogens is 2. The third-order valence-electron chi connectivity index (χ3n) is 3.83.